The second-order valence-electron chi connectivity index (χ2n) is 7.16. The van der Waals surface area contributed by atoms with Crippen molar-refractivity contribution >= 4 is 17.5 Å². The van der Waals surface area contributed by atoms with Crippen LogP contribution in [0.2, 0.25) is 5.02 Å². The number of halogens is 1. The third-order valence-corrected chi connectivity index (χ3v) is 4.76. The lowest BCUT2D eigenvalue weighted by atomic mass is 10.1. The molecule has 0 saturated carbocycles. The van der Waals surface area contributed by atoms with Crippen molar-refractivity contribution < 1.29 is 9.53 Å². The number of amides is 1. The van der Waals surface area contributed by atoms with Crippen LogP contribution in [0.25, 0.3) is 11.3 Å². The highest BCUT2D eigenvalue weighted by atomic mass is 35.5. The Morgan fingerprint density at radius 2 is 1.77 bits per heavy atom. The van der Waals surface area contributed by atoms with Gasteiger partial charge in [0.05, 0.1) is 12.2 Å². The summed E-state index contributed by atoms with van der Waals surface area (Å²) in [6.45, 7) is 6.16. The van der Waals surface area contributed by atoms with Gasteiger partial charge in [-0.3, -0.25) is 9.59 Å². The van der Waals surface area contributed by atoms with Crippen molar-refractivity contribution in [1.82, 2.24) is 15.1 Å². The molecule has 1 atom stereocenters. The Balaban J connectivity index is 1.58. The van der Waals surface area contributed by atoms with Crippen molar-refractivity contribution in [2.75, 3.05) is 6.54 Å². The van der Waals surface area contributed by atoms with Gasteiger partial charge in [-0.1, -0.05) is 29.8 Å². The summed E-state index contributed by atoms with van der Waals surface area (Å²) in [4.78, 5) is 24.5. The van der Waals surface area contributed by atoms with Crippen molar-refractivity contribution in [2.24, 2.45) is 0 Å². The molecule has 30 heavy (non-hydrogen) atoms. The molecule has 2 aromatic carbocycles. The number of ether oxygens (including phenoxy) is 1. The molecule has 3 rings (SSSR count). The van der Waals surface area contributed by atoms with Gasteiger partial charge < -0.3 is 10.1 Å². The average molecular weight is 426 g/mol. The minimum absolute atomic E-state index is 0.235. The molecular weight excluding hydrogens is 402 g/mol. The lowest BCUT2D eigenvalue weighted by Crippen LogP contribution is -2.39. The minimum atomic E-state index is -0.656. The summed E-state index contributed by atoms with van der Waals surface area (Å²) < 4.78 is 7.08. The van der Waals surface area contributed by atoms with E-state index in [2.05, 4.69) is 10.4 Å². The second-order valence-corrected chi connectivity index (χ2v) is 7.60. The lowest BCUT2D eigenvalue weighted by Gasteiger charge is -2.16. The number of carbonyl (C=O) groups excluding carboxylic acids is 1. The molecule has 1 heterocycles. The second kappa shape index (κ2) is 9.59. The van der Waals surface area contributed by atoms with E-state index in [0.29, 0.717) is 16.5 Å². The molecular formula is C23H24ClN3O3. The third-order valence-electron chi connectivity index (χ3n) is 4.51. The standard InChI is InChI=1S/C23H24ClN3O3/c1-15-12-16(2)14-20(13-15)30-17(3)23(29)25-10-11-27-22(28)9-8-21(26-27)18-4-6-19(24)7-5-18/h4-9,12-14,17H,10-11H2,1-3H3,(H,25,29). The zero-order chi connectivity index (χ0) is 21.7. The molecule has 3 aromatic rings. The predicted molar refractivity (Wildman–Crippen MR) is 118 cm³/mol. The Kier molecular flexibility index (Phi) is 6.90. The van der Waals surface area contributed by atoms with Gasteiger partial charge in [0.25, 0.3) is 11.5 Å². The van der Waals surface area contributed by atoms with Crippen molar-refractivity contribution in [2.45, 2.75) is 33.4 Å². The highest BCUT2D eigenvalue weighted by molar-refractivity contribution is 6.30. The van der Waals surface area contributed by atoms with Gasteiger partial charge in [-0.25, -0.2) is 4.68 Å². The van der Waals surface area contributed by atoms with E-state index in [0.717, 1.165) is 16.7 Å². The number of hydrogen-bond donors (Lipinski definition) is 1. The number of nitrogens with one attached hydrogen (secondary N) is 1. The van der Waals surface area contributed by atoms with Gasteiger partial charge >= 0.3 is 0 Å². The van der Waals surface area contributed by atoms with Crippen molar-refractivity contribution in [1.29, 1.82) is 0 Å². The third kappa shape index (κ3) is 5.70. The molecule has 0 radical (unpaired) electrons. The molecule has 1 N–H and O–H groups in total. The van der Waals surface area contributed by atoms with Crippen LogP contribution >= 0.6 is 11.6 Å². The van der Waals surface area contributed by atoms with E-state index in [1.165, 1.54) is 10.7 Å². The summed E-state index contributed by atoms with van der Waals surface area (Å²) in [6.07, 6.45) is -0.656. The molecule has 0 saturated heterocycles. The average Bonchev–Trinajstić information content (AvgIpc) is 2.69. The van der Waals surface area contributed by atoms with Crippen LogP contribution in [0.15, 0.2) is 59.4 Å². The first-order valence-electron chi connectivity index (χ1n) is 9.68. The van der Waals surface area contributed by atoms with E-state index < -0.39 is 6.10 Å². The van der Waals surface area contributed by atoms with Gasteiger partial charge in [0.15, 0.2) is 6.10 Å². The summed E-state index contributed by atoms with van der Waals surface area (Å²) in [7, 11) is 0. The molecule has 1 aromatic heterocycles. The molecule has 0 aliphatic carbocycles. The molecule has 0 spiro atoms. The Morgan fingerprint density at radius 3 is 2.43 bits per heavy atom. The van der Waals surface area contributed by atoms with Crippen molar-refractivity contribution in [3.05, 3.63) is 81.1 Å². The number of carbonyl (C=O) groups is 1. The fraction of sp³-hybridized carbons (Fsp3) is 0.261. The van der Waals surface area contributed by atoms with Gasteiger partial charge in [0, 0.05) is 23.2 Å². The first kappa shape index (κ1) is 21.6. The number of aryl methyl sites for hydroxylation is 2. The van der Waals surface area contributed by atoms with Crippen LogP contribution in [0.3, 0.4) is 0 Å². The van der Waals surface area contributed by atoms with Crippen LogP contribution in [0.4, 0.5) is 0 Å². The maximum atomic E-state index is 12.4. The van der Waals surface area contributed by atoms with E-state index >= 15 is 0 Å². The normalized spacial score (nSPS) is 11.7. The fourth-order valence-electron chi connectivity index (χ4n) is 3.07. The molecule has 0 fully saturated rings. The van der Waals surface area contributed by atoms with Gasteiger partial charge in [-0.05, 0) is 62.2 Å². The smallest absolute Gasteiger partial charge is 0.266 e. The highest BCUT2D eigenvalue weighted by Crippen LogP contribution is 2.19. The molecule has 1 unspecified atom stereocenters. The van der Waals surface area contributed by atoms with Crippen LogP contribution in [0, 0.1) is 13.8 Å². The maximum Gasteiger partial charge on any atom is 0.266 e. The molecule has 7 heteroatoms. The maximum absolute atomic E-state index is 12.4. The summed E-state index contributed by atoms with van der Waals surface area (Å²) in [6, 6.07) is 16.2. The van der Waals surface area contributed by atoms with Gasteiger partial charge in [-0.15, -0.1) is 0 Å². The van der Waals surface area contributed by atoms with Crippen LogP contribution in [0.1, 0.15) is 18.1 Å². The first-order valence-corrected chi connectivity index (χ1v) is 10.1. The number of benzene rings is 2. The number of aromatic nitrogens is 2. The predicted octanol–water partition coefficient (Wildman–Crippen LogP) is 3.76. The molecule has 6 nitrogen and oxygen atoms in total. The van der Waals surface area contributed by atoms with Crippen LogP contribution in [-0.2, 0) is 11.3 Å². The molecule has 1 amide bonds. The zero-order valence-corrected chi connectivity index (χ0v) is 17.9. The summed E-state index contributed by atoms with van der Waals surface area (Å²) in [5, 5.41) is 7.80. The lowest BCUT2D eigenvalue weighted by molar-refractivity contribution is -0.127. The fourth-order valence-corrected chi connectivity index (χ4v) is 3.20. The van der Waals surface area contributed by atoms with E-state index in [9.17, 15) is 9.59 Å². The van der Waals surface area contributed by atoms with E-state index in [1.54, 1.807) is 25.1 Å². The van der Waals surface area contributed by atoms with Crippen molar-refractivity contribution in [3.8, 4) is 17.0 Å². The summed E-state index contributed by atoms with van der Waals surface area (Å²) >= 11 is 5.92. The number of hydrogen-bond acceptors (Lipinski definition) is 4. The largest absolute Gasteiger partial charge is 0.481 e. The topological polar surface area (TPSA) is 73.2 Å². The molecule has 0 bridgehead atoms. The van der Waals surface area contributed by atoms with Crippen LogP contribution < -0.4 is 15.6 Å². The van der Waals surface area contributed by atoms with Gasteiger partial charge in [0.2, 0.25) is 0 Å². The van der Waals surface area contributed by atoms with Crippen molar-refractivity contribution in [3.63, 3.8) is 0 Å². The first-order chi connectivity index (χ1) is 14.3. The highest BCUT2D eigenvalue weighted by Gasteiger charge is 2.14. The molecule has 0 aliphatic heterocycles. The SMILES string of the molecule is Cc1cc(C)cc(OC(C)C(=O)NCCn2nc(-c3ccc(Cl)cc3)ccc2=O)c1. The monoisotopic (exact) mass is 425 g/mol. The quantitative estimate of drug-likeness (QED) is 0.625. The summed E-state index contributed by atoms with van der Waals surface area (Å²) in [5.74, 6) is 0.403. The Labute approximate surface area is 180 Å². The van der Waals surface area contributed by atoms with Gasteiger partial charge in [0.1, 0.15) is 5.75 Å². The van der Waals surface area contributed by atoms with E-state index in [1.807, 2.05) is 44.2 Å². The zero-order valence-electron chi connectivity index (χ0n) is 17.2. The van der Waals surface area contributed by atoms with Crippen LogP contribution in [-0.4, -0.2) is 28.3 Å². The Hall–Kier alpha value is -3.12. The van der Waals surface area contributed by atoms with E-state index in [4.69, 9.17) is 16.3 Å². The Bertz CT molecular complexity index is 1070. The van der Waals surface area contributed by atoms with Crippen LogP contribution in [0.5, 0.6) is 5.75 Å². The number of rotatable bonds is 7. The van der Waals surface area contributed by atoms with Gasteiger partial charge in [-0.2, -0.15) is 5.10 Å². The number of nitrogens with zero attached hydrogens (tertiary/aromatic N) is 2. The molecule has 0 aliphatic rings. The summed E-state index contributed by atoms with van der Waals surface area (Å²) in [5.41, 5.74) is 3.42. The minimum Gasteiger partial charge on any atom is -0.481 e. The van der Waals surface area contributed by atoms with E-state index in [-0.39, 0.29) is 24.6 Å². The Morgan fingerprint density at radius 1 is 1.10 bits per heavy atom. The molecule has 156 valence electrons.